The average Bonchev–Trinajstić information content (AvgIpc) is 2.36. The molecule has 0 aromatic heterocycles. The average molecular weight is 265 g/mol. The van der Waals surface area contributed by atoms with Crippen molar-refractivity contribution in [1.29, 1.82) is 0 Å². The van der Waals surface area contributed by atoms with Crippen molar-refractivity contribution in [3.63, 3.8) is 0 Å². The summed E-state index contributed by atoms with van der Waals surface area (Å²) in [7, 11) is 0. The summed E-state index contributed by atoms with van der Waals surface area (Å²) in [6.45, 7) is 8.56. The molecule has 0 spiro atoms. The largest absolute Gasteiger partial charge is 0.394 e. The van der Waals surface area contributed by atoms with E-state index in [0.717, 1.165) is 0 Å². The van der Waals surface area contributed by atoms with Gasteiger partial charge in [0, 0.05) is 6.54 Å². The number of amides is 1. The Morgan fingerprint density at radius 1 is 1.29 bits per heavy atom. The van der Waals surface area contributed by atoms with Gasteiger partial charge in [0.15, 0.2) is 0 Å². The van der Waals surface area contributed by atoms with E-state index in [0.29, 0.717) is 13.2 Å². The Morgan fingerprint density at radius 2 is 1.88 bits per heavy atom. The molecule has 1 aliphatic rings. The summed E-state index contributed by atoms with van der Waals surface area (Å²) in [4.78, 5) is 13.9. The van der Waals surface area contributed by atoms with Crippen LogP contribution >= 0.6 is 11.8 Å². The molecule has 1 N–H and O–H groups in total. The Kier molecular flexibility index (Phi) is 4.41. The van der Waals surface area contributed by atoms with Crippen molar-refractivity contribution in [2.24, 2.45) is 0 Å². The van der Waals surface area contributed by atoms with E-state index in [-0.39, 0.29) is 19.1 Å². The molecule has 0 aromatic rings. The lowest BCUT2D eigenvalue weighted by Crippen LogP contribution is -2.47. The summed E-state index contributed by atoms with van der Waals surface area (Å²) in [6, 6.07) is 0. The number of carbonyl (C=O) groups excluding carboxylic acids is 1. The van der Waals surface area contributed by atoms with E-state index < -0.39 is 11.2 Å². The van der Waals surface area contributed by atoms with Gasteiger partial charge in [-0.15, -0.1) is 0 Å². The molecule has 0 atom stereocenters. The molecule has 0 bridgehead atoms. The van der Waals surface area contributed by atoms with Crippen molar-refractivity contribution >= 4 is 17.7 Å². The number of rotatable bonds is 5. The van der Waals surface area contributed by atoms with Crippen LogP contribution in [0.2, 0.25) is 0 Å². The fourth-order valence-corrected chi connectivity index (χ4v) is 2.31. The fraction of sp³-hybridized carbons (Fsp3) is 0.909. The van der Waals surface area contributed by atoms with Crippen LogP contribution in [0.15, 0.2) is 0 Å². The minimum Gasteiger partial charge on any atom is -0.394 e. The maximum absolute atomic E-state index is 12.2. The number of hydrogen-bond donors (Lipinski definition) is 1. The summed E-state index contributed by atoms with van der Waals surface area (Å²) in [6.07, 6.45) is 0. The number of aliphatic hydroxyl groups is 1. The maximum Gasteiger partial charge on any atom is 0.245 e. The van der Waals surface area contributed by atoms with Gasteiger partial charge >= 0.3 is 0 Å². The molecule has 5 nitrogen and oxygen atoms in total. The van der Waals surface area contributed by atoms with Crippen LogP contribution in [0.5, 0.6) is 0 Å². The van der Waals surface area contributed by atoms with Crippen LogP contribution in [0.3, 0.4) is 0 Å². The first-order chi connectivity index (χ1) is 7.76. The van der Waals surface area contributed by atoms with Gasteiger partial charge in [0.25, 0.3) is 0 Å². The van der Waals surface area contributed by atoms with Crippen LogP contribution in [0, 0.1) is 0 Å². The standard InChI is InChI=1S/C11H21ClN2O3/c1-10(2)9(16)13(5-7-17-8-6-15)11(3,4)14(10)12/h15H,5-8H2,1-4H3. The molecule has 0 radical (unpaired) electrons. The third kappa shape index (κ3) is 2.57. The molecule has 17 heavy (non-hydrogen) atoms. The van der Waals surface area contributed by atoms with Crippen molar-refractivity contribution in [2.45, 2.75) is 38.9 Å². The van der Waals surface area contributed by atoms with Crippen molar-refractivity contribution in [3.05, 3.63) is 0 Å². The first-order valence-corrected chi connectivity index (χ1v) is 6.07. The van der Waals surface area contributed by atoms with Crippen LogP contribution < -0.4 is 0 Å². The molecule has 1 amide bonds. The summed E-state index contributed by atoms with van der Waals surface area (Å²) in [5.41, 5.74) is -1.24. The van der Waals surface area contributed by atoms with Gasteiger partial charge in [0.2, 0.25) is 5.91 Å². The van der Waals surface area contributed by atoms with E-state index in [1.807, 2.05) is 13.8 Å². The Labute approximate surface area is 107 Å². The predicted octanol–water partition coefficient (Wildman–Crippen LogP) is 0.808. The van der Waals surface area contributed by atoms with E-state index in [9.17, 15) is 4.79 Å². The molecule has 1 heterocycles. The zero-order valence-electron chi connectivity index (χ0n) is 10.9. The summed E-state index contributed by atoms with van der Waals surface area (Å²) in [5.74, 6) is -0.00917. The minimum absolute atomic E-state index is 0.00917. The molecule has 1 aliphatic heterocycles. The molecular weight excluding hydrogens is 244 g/mol. The third-order valence-corrected chi connectivity index (χ3v) is 3.93. The van der Waals surface area contributed by atoms with Gasteiger partial charge in [-0.25, -0.2) is 0 Å². The fourth-order valence-electron chi connectivity index (χ4n) is 2.15. The Morgan fingerprint density at radius 3 is 2.29 bits per heavy atom. The van der Waals surface area contributed by atoms with Crippen LogP contribution in [0.4, 0.5) is 0 Å². The van der Waals surface area contributed by atoms with E-state index >= 15 is 0 Å². The Bertz CT molecular complexity index is 294. The molecule has 1 fully saturated rings. The second-order valence-corrected chi connectivity index (χ2v) is 5.47. The number of halogens is 1. The van der Waals surface area contributed by atoms with E-state index in [1.54, 1.807) is 23.2 Å². The molecule has 100 valence electrons. The molecule has 0 saturated carbocycles. The maximum atomic E-state index is 12.2. The van der Waals surface area contributed by atoms with Crippen LogP contribution in [0.25, 0.3) is 0 Å². The van der Waals surface area contributed by atoms with Crippen LogP contribution in [-0.2, 0) is 9.53 Å². The second kappa shape index (κ2) is 5.10. The number of ether oxygens (including phenoxy) is 1. The Balaban J connectivity index is 2.68. The van der Waals surface area contributed by atoms with Crippen molar-refractivity contribution in [2.75, 3.05) is 26.4 Å². The molecular formula is C11H21ClN2O3. The molecule has 0 aliphatic carbocycles. The van der Waals surface area contributed by atoms with Gasteiger partial charge < -0.3 is 14.7 Å². The number of nitrogens with zero attached hydrogens (tertiary/aromatic N) is 2. The second-order valence-electron chi connectivity index (χ2n) is 5.13. The Hall–Kier alpha value is -0.360. The molecule has 6 heteroatoms. The molecule has 1 rings (SSSR count). The highest BCUT2D eigenvalue weighted by Crippen LogP contribution is 2.39. The lowest BCUT2D eigenvalue weighted by Gasteiger charge is -2.35. The van der Waals surface area contributed by atoms with E-state index in [2.05, 4.69) is 0 Å². The monoisotopic (exact) mass is 264 g/mol. The summed E-state index contributed by atoms with van der Waals surface area (Å²) >= 11 is 6.22. The highest BCUT2D eigenvalue weighted by atomic mass is 35.5. The van der Waals surface area contributed by atoms with Gasteiger partial charge in [0.05, 0.1) is 19.8 Å². The first-order valence-electron chi connectivity index (χ1n) is 5.73. The van der Waals surface area contributed by atoms with Crippen LogP contribution in [0.1, 0.15) is 27.7 Å². The number of carbonyl (C=O) groups is 1. The summed E-state index contributed by atoms with van der Waals surface area (Å²) in [5, 5.41) is 8.60. The first kappa shape index (κ1) is 14.7. The zero-order valence-corrected chi connectivity index (χ0v) is 11.6. The van der Waals surface area contributed by atoms with E-state index in [4.69, 9.17) is 21.6 Å². The van der Waals surface area contributed by atoms with Gasteiger partial charge in [-0.3, -0.25) is 4.79 Å². The predicted molar refractivity (Wildman–Crippen MR) is 65.5 cm³/mol. The van der Waals surface area contributed by atoms with Crippen molar-refractivity contribution in [3.8, 4) is 0 Å². The van der Waals surface area contributed by atoms with E-state index in [1.165, 1.54) is 0 Å². The lowest BCUT2D eigenvalue weighted by molar-refractivity contribution is -0.134. The number of hydrogen-bond acceptors (Lipinski definition) is 4. The molecule has 0 aromatic carbocycles. The molecule has 0 unspecified atom stereocenters. The quantitative estimate of drug-likeness (QED) is 0.590. The zero-order chi connectivity index (χ0) is 13.3. The number of aliphatic hydroxyl groups excluding tert-OH is 1. The lowest BCUT2D eigenvalue weighted by atomic mass is 10.1. The van der Waals surface area contributed by atoms with Gasteiger partial charge in [-0.05, 0) is 39.5 Å². The van der Waals surface area contributed by atoms with Crippen LogP contribution in [-0.4, -0.2) is 57.9 Å². The topological polar surface area (TPSA) is 53.0 Å². The third-order valence-electron chi connectivity index (χ3n) is 3.10. The highest BCUT2D eigenvalue weighted by molar-refractivity contribution is 6.17. The minimum atomic E-state index is -0.706. The van der Waals surface area contributed by atoms with Crippen molar-refractivity contribution < 1.29 is 14.6 Å². The normalized spacial score (nSPS) is 23.4. The van der Waals surface area contributed by atoms with Gasteiger partial charge in [0.1, 0.15) is 11.2 Å². The van der Waals surface area contributed by atoms with Gasteiger partial charge in [-0.2, -0.15) is 4.42 Å². The highest BCUT2D eigenvalue weighted by Gasteiger charge is 2.55. The molecule has 1 saturated heterocycles. The SMILES string of the molecule is CC1(C)C(=O)N(CCOCCO)C(C)(C)N1Cl. The smallest absolute Gasteiger partial charge is 0.245 e. The summed E-state index contributed by atoms with van der Waals surface area (Å²) < 4.78 is 6.73. The van der Waals surface area contributed by atoms with Crippen molar-refractivity contribution in [1.82, 2.24) is 9.32 Å². The van der Waals surface area contributed by atoms with Gasteiger partial charge in [-0.1, -0.05) is 0 Å².